The van der Waals surface area contributed by atoms with E-state index in [4.69, 9.17) is 16.3 Å². The zero-order chi connectivity index (χ0) is 17.3. The molecule has 1 saturated heterocycles. The van der Waals surface area contributed by atoms with Gasteiger partial charge in [-0.1, -0.05) is 18.2 Å². The lowest BCUT2D eigenvalue weighted by Gasteiger charge is -2.21. The number of halogens is 2. The molecule has 1 fully saturated rings. The van der Waals surface area contributed by atoms with Crippen LogP contribution >= 0.6 is 11.6 Å². The quantitative estimate of drug-likeness (QED) is 0.722. The number of aryl methyl sites for hydroxylation is 1. The number of ether oxygens (including phenoxy) is 1. The van der Waals surface area contributed by atoms with Crippen molar-refractivity contribution in [2.24, 2.45) is 0 Å². The molecular formula is C20H21ClFNO. The summed E-state index contributed by atoms with van der Waals surface area (Å²) in [5, 5.41) is 0.592. The first-order chi connectivity index (χ1) is 11.5. The zero-order valence-corrected chi connectivity index (χ0v) is 14.8. The smallest absolute Gasteiger partial charge is 0.131 e. The van der Waals surface area contributed by atoms with Crippen LogP contribution in [-0.4, -0.2) is 25.1 Å². The van der Waals surface area contributed by atoms with Gasteiger partial charge in [-0.3, -0.25) is 0 Å². The molecule has 3 rings (SSSR count). The minimum absolute atomic E-state index is 0.300. The van der Waals surface area contributed by atoms with Crippen LogP contribution in [-0.2, 0) is 0 Å². The van der Waals surface area contributed by atoms with Crippen molar-refractivity contribution in [3.05, 3.63) is 58.9 Å². The summed E-state index contributed by atoms with van der Waals surface area (Å²) in [6.45, 7) is 8.10. The molecule has 0 N–H and O–H groups in total. The predicted octanol–water partition coefficient (Wildman–Crippen LogP) is 5.53. The Morgan fingerprint density at radius 2 is 1.88 bits per heavy atom. The Morgan fingerprint density at radius 1 is 1.17 bits per heavy atom. The molecule has 0 amide bonds. The molecule has 0 aliphatic carbocycles. The average Bonchev–Trinajstić information content (AvgIpc) is 3.11. The largest absolute Gasteiger partial charge is 0.496 e. The van der Waals surface area contributed by atoms with Crippen molar-refractivity contribution in [2.75, 3.05) is 20.2 Å². The van der Waals surface area contributed by atoms with Crippen LogP contribution in [0.5, 0.6) is 5.75 Å². The van der Waals surface area contributed by atoms with Gasteiger partial charge in [-0.25, -0.2) is 4.39 Å². The molecule has 1 heterocycles. The van der Waals surface area contributed by atoms with Gasteiger partial charge in [0.1, 0.15) is 11.6 Å². The molecule has 0 aromatic heterocycles. The second kappa shape index (κ2) is 6.86. The average molecular weight is 346 g/mol. The second-order valence-corrected chi connectivity index (χ2v) is 6.54. The molecular weight excluding hydrogens is 325 g/mol. The molecule has 0 bridgehead atoms. The molecule has 0 radical (unpaired) electrons. The van der Waals surface area contributed by atoms with E-state index in [1.807, 2.05) is 19.1 Å². The number of benzene rings is 2. The fourth-order valence-corrected chi connectivity index (χ4v) is 3.28. The van der Waals surface area contributed by atoms with Crippen LogP contribution in [0.15, 0.2) is 36.9 Å². The molecule has 1 aliphatic rings. The van der Waals surface area contributed by atoms with Crippen LogP contribution in [0, 0.1) is 12.7 Å². The summed E-state index contributed by atoms with van der Waals surface area (Å²) in [6, 6.07) is 8.69. The lowest BCUT2D eigenvalue weighted by atomic mass is 9.99. The highest BCUT2D eigenvalue weighted by atomic mass is 35.5. The summed E-state index contributed by atoms with van der Waals surface area (Å²) in [6.07, 6.45) is 2.35. The molecule has 4 heteroatoms. The van der Waals surface area contributed by atoms with E-state index in [2.05, 4.69) is 11.5 Å². The summed E-state index contributed by atoms with van der Waals surface area (Å²) in [5.41, 5.74) is 3.89. The highest BCUT2D eigenvalue weighted by molar-refractivity contribution is 6.31. The molecule has 0 unspecified atom stereocenters. The first-order valence-electron chi connectivity index (χ1n) is 8.09. The van der Waals surface area contributed by atoms with Crippen molar-refractivity contribution in [3.8, 4) is 16.9 Å². The number of likely N-dealkylation sites (tertiary alicyclic amines) is 1. The van der Waals surface area contributed by atoms with E-state index in [1.54, 1.807) is 19.2 Å². The zero-order valence-electron chi connectivity index (χ0n) is 14.0. The van der Waals surface area contributed by atoms with E-state index < -0.39 is 0 Å². The maximum atomic E-state index is 14.5. The van der Waals surface area contributed by atoms with Crippen LogP contribution in [0.4, 0.5) is 4.39 Å². The minimum Gasteiger partial charge on any atom is -0.496 e. The second-order valence-electron chi connectivity index (χ2n) is 6.14. The molecule has 2 aromatic rings. The molecule has 2 aromatic carbocycles. The normalized spacial score (nSPS) is 14.1. The highest BCUT2D eigenvalue weighted by Crippen LogP contribution is 2.37. The Labute approximate surface area is 147 Å². The summed E-state index contributed by atoms with van der Waals surface area (Å²) in [5.74, 6) is 0.311. The molecule has 1 aliphatic heterocycles. The Kier molecular flexibility index (Phi) is 4.81. The summed E-state index contributed by atoms with van der Waals surface area (Å²) in [7, 11) is 1.58. The Balaban J connectivity index is 2.06. The number of nitrogens with zero attached hydrogens (tertiary/aromatic N) is 1. The topological polar surface area (TPSA) is 12.5 Å². The van der Waals surface area contributed by atoms with Crippen LogP contribution in [0.3, 0.4) is 0 Å². The molecule has 2 nitrogen and oxygen atoms in total. The molecule has 0 saturated carbocycles. The van der Waals surface area contributed by atoms with Gasteiger partial charge in [0.2, 0.25) is 0 Å². The monoisotopic (exact) mass is 345 g/mol. The van der Waals surface area contributed by atoms with E-state index >= 15 is 0 Å². The molecule has 126 valence electrons. The fraction of sp³-hybridized carbons (Fsp3) is 0.300. The lowest BCUT2D eigenvalue weighted by molar-refractivity contribution is 0.416. The van der Waals surface area contributed by atoms with Gasteiger partial charge in [0.15, 0.2) is 0 Å². The molecule has 0 atom stereocenters. The number of hydrogen-bond donors (Lipinski definition) is 0. The van der Waals surface area contributed by atoms with Crippen LogP contribution < -0.4 is 4.74 Å². The maximum Gasteiger partial charge on any atom is 0.131 e. The van der Waals surface area contributed by atoms with Gasteiger partial charge < -0.3 is 9.64 Å². The summed E-state index contributed by atoms with van der Waals surface area (Å²) in [4.78, 5) is 2.25. The van der Waals surface area contributed by atoms with Crippen molar-refractivity contribution in [2.45, 2.75) is 19.8 Å². The minimum atomic E-state index is -0.300. The van der Waals surface area contributed by atoms with Crippen LogP contribution in [0.2, 0.25) is 5.02 Å². The van der Waals surface area contributed by atoms with Gasteiger partial charge in [0.25, 0.3) is 0 Å². The Hall–Kier alpha value is -2.00. The van der Waals surface area contributed by atoms with E-state index in [-0.39, 0.29) is 5.82 Å². The van der Waals surface area contributed by atoms with Crippen LogP contribution in [0.1, 0.15) is 24.0 Å². The van der Waals surface area contributed by atoms with Gasteiger partial charge in [0, 0.05) is 34.9 Å². The third-order valence-corrected chi connectivity index (χ3v) is 4.97. The van der Waals surface area contributed by atoms with E-state index in [9.17, 15) is 4.39 Å². The lowest BCUT2D eigenvalue weighted by Crippen LogP contribution is -2.16. The van der Waals surface area contributed by atoms with Gasteiger partial charge in [-0.05, 0) is 61.2 Å². The van der Waals surface area contributed by atoms with Crippen molar-refractivity contribution < 1.29 is 9.13 Å². The Bertz CT molecular complexity index is 781. The van der Waals surface area contributed by atoms with Crippen molar-refractivity contribution >= 4 is 17.3 Å². The van der Waals surface area contributed by atoms with Gasteiger partial charge in [-0.15, -0.1) is 0 Å². The van der Waals surface area contributed by atoms with Gasteiger partial charge in [0.05, 0.1) is 7.11 Å². The number of methoxy groups -OCH3 is 1. The predicted molar refractivity (Wildman–Crippen MR) is 98.0 cm³/mol. The molecule has 0 spiro atoms. The van der Waals surface area contributed by atoms with Crippen molar-refractivity contribution in [1.82, 2.24) is 4.90 Å². The first kappa shape index (κ1) is 16.8. The third-order valence-electron chi connectivity index (χ3n) is 4.56. The third kappa shape index (κ3) is 3.13. The molecule has 24 heavy (non-hydrogen) atoms. The van der Waals surface area contributed by atoms with Gasteiger partial charge in [-0.2, -0.15) is 0 Å². The number of rotatable bonds is 4. The van der Waals surface area contributed by atoms with E-state index in [1.165, 1.54) is 18.9 Å². The number of hydrogen-bond acceptors (Lipinski definition) is 2. The summed E-state index contributed by atoms with van der Waals surface area (Å²) >= 11 is 6.25. The van der Waals surface area contributed by atoms with Crippen molar-refractivity contribution in [3.63, 3.8) is 0 Å². The first-order valence-corrected chi connectivity index (χ1v) is 8.47. The fourth-order valence-electron chi connectivity index (χ4n) is 3.12. The standard InChI is InChI=1S/C20H21ClFNO/c1-13-10-20(24-3)17(12-18(13)21)16-11-15(6-7-19(16)22)14(2)23-8-4-5-9-23/h6-7,10-12H,2,4-5,8-9H2,1,3H3. The van der Waals surface area contributed by atoms with E-state index in [0.717, 1.165) is 29.9 Å². The SMILES string of the molecule is C=C(c1ccc(F)c(-c2cc(Cl)c(C)cc2OC)c1)N1CCCC1. The van der Waals surface area contributed by atoms with E-state index in [0.29, 0.717) is 21.9 Å². The Morgan fingerprint density at radius 3 is 2.54 bits per heavy atom. The van der Waals surface area contributed by atoms with Crippen molar-refractivity contribution in [1.29, 1.82) is 0 Å². The van der Waals surface area contributed by atoms with Crippen LogP contribution in [0.25, 0.3) is 16.8 Å². The highest BCUT2D eigenvalue weighted by Gasteiger charge is 2.18. The maximum absolute atomic E-state index is 14.5. The summed E-state index contributed by atoms with van der Waals surface area (Å²) < 4.78 is 19.9. The van der Waals surface area contributed by atoms with Gasteiger partial charge >= 0.3 is 0 Å².